The standard InChI is InChI=1S/C23H33N3O3/c1-24(21-10-4-7-18-6-2-3-9-20(18)21)22(27)17-25-11-5-8-19(16-25)23(28)26-12-14-29-15-13-26/h2-3,6,9,19,21H,4-5,7-8,10-17H2,1H3. The number of aryl methyl sites for hydroxylation is 1. The molecule has 0 spiro atoms. The van der Waals surface area contributed by atoms with Crippen LogP contribution in [0.2, 0.25) is 0 Å². The van der Waals surface area contributed by atoms with Gasteiger partial charge in [-0.3, -0.25) is 14.5 Å². The molecule has 2 saturated heterocycles. The molecule has 2 unspecified atom stereocenters. The van der Waals surface area contributed by atoms with Gasteiger partial charge in [-0.05, 0) is 49.8 Å². The summed E-state index contributed by atoms with van der Waals surface area (Å²) in [4.78, 5) is 32.0. The molecule has 2 fully saturated rings. The van der Waals surface area contributed by atoms with E-state index in [2.05, 4.69) is 29.2 Å². The number of carbonyl (C=O) groups is 2. The molecule has 158 valence electrons. The van der Waals surface area contributed by atoms with Gasteiger partial charge in [0, 0.05) is 26.7 Å². The minimum Gasteiger partial charge on any atom is -0.378 e. The summed E-state index contributed by atoms with van der Waals surface area (Å²) in [5.74, 6) is 0.404. The van der Waals surface area contributed by atoms with Gasteiger partial charge in [0.15, 0.2) is 0 Å². The summed E-state index contributed by atoms with van der Waals surface area (Å²) >= 11 is 0. The van der Waals surface area contributed by atoms with E-state index in [0.29, 0.717) is 39.4 Å². The van der Waals surface area contributed by atoms with E-state index in [-0.39, 0.29) is 23.8 Å². The highest BCUT2D eigenvalue weighted by Crippen LogP contribution is 2.33. The summed E-state index contributed by atoms with van der Waals surface area (Å²) in [5.41, 5.74) is 2.67. The third kappa shape index (κ3) is 4.64. The smallest absolute Gasteiger partial charge is 0.237 e. The molecule has 29 heavy (non-hydrogen) atoms. The molecule has 2 atom stereocenters. The predicted octanol–water partition coefficient (Wildman–Crippen LogP) is 2.09. The van der Waals surface area contributed by atoms with Crippen molar-refractivity contribution in [3.8, 4) is 0 Å². The molecule has 6 heteroatoms. The number of amides is 2. The van der Waals surface area contributed by atoms with Crippen molar-refractivity contribution in [1.29, 1.82) is 0 Å². The lowest BCUT2D eigenvalue weighted by molar-refractivity contribution is -0.143. The van der Waals surface area contributed by atoms with Gasteiger partial charge in [0.2, 0.25) is 11.8 Å². The molecule has 1 aliphatic carbocycles. The van der Waals surface area contributed by atoms with E-state index in [1.54, 1.807) is 0 Å². The Kier molecular flexibility index (Phi) is 6.50. The van der Waals surface area contributed by atoms with Gasteiger partial charge in [-0.25, -0.2) is 0 Å². The van der Waals surface area contributed by atoms with Crippen molar-refractivity contribution in [3.63, 3.8) is 0 Å². The van der Waals surface area contributed by atoms with E-state index in [0.717, 1.165) is 38.6 Å². The first-order chi connectivity index (χ1) is 14.1. The average molecular weight is 400 g/mol. The fraction of sp³-hybridized carbons (Fsp3) is 0.652. The predicted molar refractivity (Wildman–Crippen MR) is 111 cm³/mol. The monoisotopic (exact) mass is 399 g/mol. The first-order valence-corrected chi connectivity index (χ1v) is 11.1. The summed E-state index contributed by atoms with van der Waals surface area (Å²) in [7, 11) is 1.94. The molecule has 2 amide bonds. The minimum atomic E-state index is 0.00960. The molecule has 0 bridgehead atoms. The molecule has 6 nitrogen and oxygen atoms in total. The number of piperidine rings is 1. The van der Waals surface area contributed by atoms with Gasteiger partial charge in [0.25, 0.3) is 0 Å². The first-order valence-electron chi connectivity index (χ1n) is 11.1. The van der Waals surface area contributed by atoms with Gasteiger partial charge in [-0.2, -0.15) is 0 Å². The Morgan fingerprint density at radius 3 is 2.72 bits per heavy atom. The molecule has 0 aromatic heterocycles. The maximum absolute atomic E-state index is 13.1. The molecule has 0 saturated carbocycles. The van der Waals surface area contributed by atoms with Crippen molar-refractivity contribution < 1.29 is 14.3 Å². The fourth-order valence-corrected chi connectivity index (χ4v) is 5.05. The number of benzene rings is 1. The second-order valence-electron chi connectivity index (χ2n) is 8.62. The SMILES string of the molecule is CN(C(=O)CN1CCCC(C(=O)N2CCOCC2)C1)C1CCCc2ccccc21. The Balaban J connectivity index is 1.35. The normalized spacial score (nSPS) is 25.3. The largest absolute Gasteiger partial charge is 0.378 e. The van der Waals surface area contributed by atoms with Gasteiger partial charge in [0.1, 0.15) is 0 Å². The van der Waals surface area contributed by atoms with Crippen LogP contribution < -0.4 is 0 Å². The number of morpholine rings is 1. The first kappa shape index (κ1) is 20.4. The molecule has 3 aliphatic rings. The zero-order chi connectivity index (χ0) is 20.2. The van der Waals surface area contributed by atoms with Crippen LogP contribution >= 0.6 is 0 Å². The fourth-order valence-electron chi connectivity index (χ4n) is 5.05. The van der Waals surface area contributed by atoms with E-state index in [9.17, 15) is 9.59 Å². The van der Waals surface area contributed by atoms with Crippen molar-refractivity contribution in [2.24, 2.45) is 5.92 Å². The summed E-state index contributed by atoms with van der Waals surface area (Å²) < 4.78 is 5.37. The van der Waals surface area contributed by atoms with Crippen molar-refractivity contribution in [3.05, 3.63) is 35.4 Å². The van der Waals surface area contributed by atoms with Crippen LogP contribution in [0.3, 0.4) is 0 Å². The Morgan fingerprint density at radius 1 is 1.10 bits per heavy atom. The van der Waals surface area contributed by atoms with Gasteiger partial charge in [-0.1, -0.05) is 24.3 Å². The molecule has 0 radical (unpaired) electrons. The van der Waals surface area contributed by atoms with Gasteiger partial charge < -0.3 is 14.5 Å². The summed E-state index contributed by atoms with van der Waals surface area (Å²) in [6, 6.07) is 8.68. The Morgan fingerprint density at radius 2 is 1.90 bits per heavy atom. The van der Waals surface area contributed by atoms with Crippen LogP contribution in [-0.4, -0.2) is 79.5 Å². The zero-order valence-corrected chi connectivity index (χ0v) is 17.5. The highest BCUT2D eigenvalue weighted by atomic mass is 16.5. The maximum Gasteiger partial charge on any atom is 0.237 e. The molecular weight excluding hydrogens is 366 g/mol. The van der Waals surface area contributed by atoms with Crippen LogP contribution in [0.25, 0.3) is 0 Å². The van der Waals surface area contributed by atoms with Gasteiger partial charge >= 0.3 is 0 Å². The third-order valence-electron chi connectivity index (χ3n) is 6.74. The average Bonchev–Trinajstić information content (AvgIpc) is 2.78. The highest BCUT2D eigenvalue weighted by molar-refractivity contribution is 5.80. The molecule has 1 aromatic carbocycles. The number of fused-ring (bicyclic) bond motifs is 1. The lowest BCUT2D eigenvalue weighted by Crippen LogP contribution is -2.50. The Bertz CT molecular complexity index is 732. The molecule has 4 rings (SSSR count). The van der Waals surface area contributed by atoms with E-state index in [4.69, 9.17) is 4.74 Å². The molecule has 0 N–H and O–H groups in total. The van der Waals surface area contributed by atoms with E-state index < -0.39 is 0 Å². The van der Waals surface area contributed by atoms with Crippen LogP contribution in [0.1, 0.15) is 42.9 Å². The molecule has 1 aromatic rings. The van der Waals surface area contributed by atoms with Crippen LogP contribution in [0.5, 0.6) is 0 Å². The van der Waals surface area contributed by atoms with Crippen LogP contribution in [-0.2, 0) is 20.7 Å². The van der Waals surface area contributed by atoms with Gasteiger partial charge in [-0.15, -0.1) is 0 Å². The number of carbonyl (C=O) groups excluding carboxylic acids is 2. The van der Waals surface area contributed by atoms with Crippen molar-refractivity contribution in [2.45, 2.75) is 38.1 Å². The number of hydrogen-bond acceptors (Lipinski definition) is 4. The Labute approximate surface area is 173 Å². The van der Waals surface area contributed by atoms with Crippen molar-refractivity contribution in [1.82, 2.24) is 14.7 Å². The topological polar surface area (TPSA) is 53.1 Å². The Hall–Kier alpha value is -1.92. The molecule has 2 aliphatic heterocycles. The summed E-state index contributed by atoms with van der Waals surface area (Å²) in [6.07, 6.45) is 5.15. The zero-order valence-electron chi connectivity index (χ0n) is 17.5. The van der Waals surface area contributed by atoms with E-state index in [1.807, 2.05) is 16.8 Å². The summed E-state index contributed by atoms with van der Waals surface area (Å²) in [6.45, 7) is 4.64. The number of nitrogens with zero attached hydrogens (tertiary/aromatic N) is 3. The van der Waals surface area contributed by atoms with E-state index in [1.165, 1.54) is 11.1 Å². The van der Waals surface area contributed by atoms with Crippen molar-refractivity contribution in [2.75, 3.05) is 53.0 Å². The lowest BCUT2D eigenvalue weighted by Gasteiger charge is -2.38. The minimum absolute atomic E-state index is 0.00960. The van der Waals surface area contributed by atoms with Crippen LogP contribution in [0.15, 0.2) is 24.3 Å². The second kappa shape index (κ2) is 9.26. The third-order valence-corrected chi connectivity index (χ3v) is 6.74. The number of rotatable bonds is 4. The quantitative estimate of drug-likeness (QED) is 0.778. The number of likely N-dealkylation sites (tertiary alicyclic amines) is 1. The lowest BCUT2D eigenvalue weighted by atomic mass is 9.87. The highest BCUT2D eigenvalue weighted by Gasteiger charge is 2.32. The summed E-state index contributed by atoms with van der Waals surface area (Å²) in [5, 5.41) is 0. The molecule has 2 heterocycles. The molecular formula is C23H33N3O3. The number of hydrogen-bond donors (Lipinski definition) is 0. The van der Waals surface area contributed by atoms with Gasteiger partial charge in [0.05, 0.1) is 31.7 Å². The number of ether oxygens (including phenoxy) is 1. The van der Waals surface area contributed by atoms with Crippen LogP contribution in [0, 0.1) is 5.92 Å². The van der Waals surface area contributed by atoms with Crippen LogP contribution in [0.4, 0.5) is 0 Å². The number of likely N-dealkylation sites (N-methyl/N-ethyl adjacent to an activating group) is 1. The van der Waals surface area contributed by atoms with Crippen molar-refractivity contribution >= 4 is 11.8 Å². The van der Waals surface area contributed by atoms with E-state index >= 15 is 0 Å². The maximum atomic E-state index is 13.1. The second-order valence-corrected chi connectivity index (χ2v) is 8.62.